The van der Waals surface area contributed by atoms with Crippen molar-refractivity contribution in [3.05, 3.63) is 65.1 Å². The van der Waals surface area contributed by atoms with E-state index >= 15 is 0 Å². The van der Waals surface area contributed by atoms with Crippen LogP contribution < -0.4 is 4.90 Å². The molecule has 0 N–H and O–H groups in total. The Kier molecular flexibility index (Phi) is 14.8. The Balaban J connectivity index is 0.00000227. The fraction of sp³-hybridized carbons (Fsp3) is 0.531. The van der Waals surface area contributed by atoms with Crippen LogP contribution in [-0.4, -0.2) is 50.7 Å². The Labute approximate surface area is 223 Å². The van der Waals surface area contributed by atoms with Crippen molar-refractivity contribution in [2.45, 2.75) is 74.3 Å². The second-order valence-corrected chi connectivity index (χ2v) is 9.89. The normalized spacial score (nSPS) is 15.6. The summed E-state index contributed by atoms with van der Waals surface area (Å²) in [5.74, 6) is 3.00. The monoisotopic (exact) mass is 492 g/mol. The molecule has 0 spiro atoms. The van der Waals surface area contributed by atoms with Gasteiger partial charge >= 0.3 is 0 Å². The minimum absolute atomic E-state index is 0.0250. The Bertz CT molecular complexity index is 935. The zero-order valence-electron chi connectivity index (χ0n) is 25.1. The van der Waals surface area contributed by atoms with Crippen molar-refractivity contribution >= 4 is 12.4 Å². The van der Waals surface area contributed by atoms with E-state index < -0.39 is 0 Å². The summed E-state index contributed by atoms with van der Waals surface area (Å²) in [5.41, 5.74) is 6.62. The number of nitrogens with zero attached hydrogens (tertiary/aromatic N) is 4. The molecule has 1 aromatic rings. The third-order valence-corrected chi connectivity index (χ3v) is 5.87. The van der Waals surface area contributed by atoms with E-state index in [1.165, 1.54) is 17.5 Å². The summed E-state index contributed by atoms with van der Waals surface area (Å²) in [6.07, 6.45) is 12.1. The third-order valence-electron chi connectivity index (χ3n) is 5.87. The van der Waals surface area contributed by atoms with E-state index in [0.29, 0.717) is 5.41 Å². The van der Waals surface area contributed by atoms with Crippen LogP contribution in [0.3, 0.4) is 0 Å². The molecule has 1 aromatic carbocycles. The third kappa shape index (κ3) is 9.03. The van der Waals surface area contributed by atoms with E-state index in [1.807, 2.05) is 59.0 Å². The van der Waals surface area contributed by atoms with Gasteiger partial charge in [0.05, 0.1) is 17.4 Å². The highest BCUT2D eigenvalue weighted by molar-refractivity contribution is 5.61. The fourth-order valence-electron chi connectivity index (χ4n) is 4.20. The van der Waals surface area contributed by atoms with Gasteiger partial charge in [-0.3, -0.25) is 9.89 Å². The number of terminal acetylenes is 1. The first kappa shape index (κ1) is 33.2. The lowest BCUT2D eigenvalue weighted by molar-refractivity contribution is 0.0112. The molecule has 0 aliphatic carbocycles. The van der Waals surface area contributed by atoms with Crippen LogP contribution >= 0.6 is 0 Å². The van der Waals surface area contributed by atoms with Crippen molar-refractivity contribution in [3.63, 3.8) is 0 Å². The molecule has 0 saturated carbocycles. The molecule has 1 fully saturated rings. The maximum Gasteiger partial charge on any atom is 0.0968 e. The number of likely N-dealkylation sites (tertiary alicyclic amines) is 1. The van der Waals surface area contributed by atoms with Crippen molar-refractivity contribution in [2.24, 2.45) is 10.4 Å². The molecule has 1 aliphatic rings. The molecule has 0 amide bonds. The van der Waals surface area contributed by atoms with E-state index in [9.17, 15) is 0 Å². The van der Waals surface area contributed by atoms with Gasteiger partial charge in [-0.1, -0.05) is 85.6 Å². The molecule has 1 unspecified atom stereocenters. The molecular weight excluding hydrogens is 440 g/mol. The summed E-state index contributed by atoms with van der Waals surface area (Å²) in [7, 11) is 6.04. The van der Waals surface area contributed by atoms with Crippen molar-refractivity contribution < 1.29 is 0 Å². The van der Waals surface area contributed by atoms with E-state index in [0.717, 1.165) is 42.3 Å². The molecule has 1 saturated heterocycles. The van der Waals surface area contributed by atoms with Gasteiger partial charge in [-0.2, -0.15) is 0 Å². The van der Waals surface area contributed by atoms with Crippen LogP contribution in [0.5, 0.6) is 0 Å². The zero-order chi connectivity index (χ0) is 28.1. The van der Waals surface area contributed by atoms with Gasteiger partial charge < -0.3 is 9.80 Å². The minimum Gasteiger partial charge on any atom is -0.376 e. The number of benzene rings is 1. The number of likely N-dealkylation sites (N-methyl/N-ethyl adjacent to an activating group) is 2. The average Bonchev–Trinajstić information content (AvgIpc) is 2.84. The summed E-state index contributed by atoms with van der Waals surface area (Å²) >= 11 is 0. The van der Waals surface area contributed by atoms with Crippen molar-refractivity contribution in [3.8, 4) is 12.3 Å². The quantitative estimate of drug-likeness (QED) is 0.200. The van der Waals surface area contributed by atoms with Crippen LogP contribution in [0.15, 0.2) is 59.0 Å². The number of aliphatic imine (C=N–C) groups is 1. The van der Waals surface area contributed by atoms with Gasteiger partial charge in [-0.05, 0) is 48.7 Å². The maximum atomic E-state index is 5.93. The Hall–Kier alpha value is -2.77. The van der Waals surface area contributed by atoms with Crippen molar-refractivity contribution in [2.75, 3.05) is 39.1 Å². The van der Waals surface area contributed by atoms with Gasteiger partial charge in [0.15, 0.2) is 0 Å². The smallest absolute Gasteiger partial charge is 0.0968 e. The van der Waals surface area contributed by atoms with Crippen LogP contribution in [0.25, 0.3) is 0 Å². The van der Waals surface area contributed by atoms with Crippen LogP contribution in [-0.2, 0) is 6.42 Å². The SMILES string of the molecule is C#CC(c1ccc(N(C)C(=C)/C=C(\C(=C/C)N=C)N(C)C)c(CC)c1)N1CC(C)(C)C1.CC.CCC. The molecule has 36 heavy (non-hydrogen) atoms. The number of rotatable bonds is 9. The lowest BCUT2D eigenvalue weighted by Crippen LogP contribution is -2.53. The molecule has 2 rings (SSSR count). The summed E-state index contributed by atoms with van der Waals surface area (Å²) in [6.45, 7) is 27.0. The standard InChI is InChI=1S/C27H38N4.C3H8.C2H6/c1-11-21-17-22(24(13-3)31-18-27(5,6)19-31)14-15-25(21)30(10)20(4)16-26(29(8)9)23(12-2)28-7;1-3-2;1-2/h3,12,14-17,24H,4,7,11,18-19H2,1-2,5-6,8-10H3;3H2,1-2H3;1-2H3/b23-12+,26-16+;;. The Morgan fingerprint density at radius 1 is 1.19 bits per heavy atom. The van der Waals surface area contributed by atoms with Gasteiger partial charge in [0, 0.05) is 45.6 Å². The van der Waals surface area contributed by atoms with Gasteiger partial charge in [0.1, 0.15) is 0 Å². The molecule has 200 valence electrons. The fourth-order valence-corrected chi connectivity index (χ4v) is 4.20. The van der Waals surface area contributed by atoms with E-state index in [4.69, 9.17) is 6.42 Å². The highest BCUT2D eigenvalue weighted by atomic mass is 15.2. The highest BCUT2D eigenvalue weighted by Gasteiger charge is 2.38. The molecule has 1 aliphatic heterocycles. The molecule has 0 radical (unpaired) electrons. The Morgan fingerprint density at radius 3 is 2.14 bits per heavy atom. The largest absolute Gasteiger partial charge is 0.376 e. The van der Waals surface area contributed by atoms with Gasteiger partial charge in [-0.25, -0.2) is 0 Å². The molecule has 0 bridgehead atoms. The summed E-state index contributed by atoms with van der Waals surface area (Å²) in [6, 6.07) is 6.61. The van der Waals surface area contributed by atoms with E-state index in [1.54, 1.807) is 0 Å². The number of anilines is 1. The molecule has 4 nitrogen and oxygen atoms in total. The van der Waals surface area contributed by atoms with Crippen molar-refractivity contribution in [1.29, 1.82) is 0 Å². The van der Waals surface area contributed by atoms with Crippen LogP contribution in [0, 0.1) is 17.8 Å². The molecule has 1 heterocycles. The van der Waals surface area contributed by atoms with Crippen LogP contribution in [0.4, 0.5) is 5.69 Å². The van der Waals surface area contributed by atoms with Crippen LogP contribution in [0.1, 0.15) is 79.0 Å². The first-order valence-corrected chi connectivity index (χ1v) is 13.3. The number of aryl methyl sites for hydroxylation is 1. The number of allylic oxidation sites excluding steroid dienone is 2. The molecule has 1 atom stereocenters. The lowest BCUT2D eigenvalue weighted by Gasteiger charge is -2.48. The second kappa shape index (κ2) is 16.1. The number of hydrogen-bond donors (Lipinski definition) is 0. The van der Waals surface area contributed by atoms with Gasteiger partial charge in [0.25, 0.3) is 0 Å². The average molecular weight is 493 g/mol. The Morgan fingerprint density at radius 2 is 1.75 bits per heavy atom. The van der Waals surface area contributed by atoms with E-state index in [2.05, 4.69) is 86.8 Å². The summed E-state index contributed by atoms with van der Waals surface area (Å²) in [4.78, 5) is 10.7. The summed E-state index contributed by atoms with van der Waals surface area (Å²) < 4.78 is 0. The first-order valence-electron chi connectivity index (χ1n) is 13.3. The maximum absolute atomic E-state index is 5.93. The van der Waals surface area contributed by atoms with Gasteiger partial charge in [0.2, 0.25) is 0 Å². The van der Waals surface area contributed by atoms with E-state index in [-0.39, 0.29) is 6.04 Å². The lowest BCUT2D eigenvalue weighted by atomic mass is 9.82. The zero-order valence-corrected chi connectivity index (χ0v) is 25.1. The van der Waals surface area contributed by atoms with Crippen molar-refractivity contribution in [1.82, 2.24) is 9.80 Å². The first-order chi connectivity index (χ1) is 17.0. The molecular formula is C32H52N4. The van der Waals surface area contributed by atoms with Gasteiger partial charge in [-0.15, -0.1) is 6.42 Å². The predicted octanol–water partition coefficient (Wildman–Crippen LogP) is 7.71. The summed E-state index contributed by atoms with van der Waals surface area (Å²) in [5, 5.41) is 0. The molecule has 0 aromatic heterocycles. The predicted molar refractivity (Wildman–Crippen MR) is 163 cm³/mol. The number of hydrogen-bond acceptors (Lipinski definition) is 4. The highest BCUT2D eigenvalue weighted by Crippen LogP contribution is 2.37. The second-order valence-electron chi connectivity index (χ2n) is 9.89. The molecule has 4 heteroatoms. The topological polar surface area (TPSA) is 22.1 Å². The van der Waals surface area contributed by atoms with Crippen LogP contribution in [0.2, 0.25) is 0 Å². The minimum atomic E-state index is 0.0250.